The number of nitrogens with one attached hydrogen (secondary N) is 1. The molecule has 0 spiro atoms. The highest BCUT2D eigenvalue weighted by molar-refractivity contribution is 14.0. The first kappa shape index (κ1) is 25.4. The highest BCUT2D eigenvalue weighted by Crippen LogP contribution is 2.14. The number of likely N-dealkylation sites (tertiary alicyclic amines) is 1. The maximum absolute atomic E-state index is 12.8. The van der Waals surface area contributed by atoms with Crippen molar-refractivity contribution in [3.8, 4) is 5.82 Å². The molecule has 0 bridgehead atoms. The van der Waals surface area contributed by atoms with Gasteiger partial charge in [0, 0.05) is 64.4 Å². The highest BCUT2D eigenvalue weighted by atomic mass is 127. The molecule has 1 unspecified atom stereocenters. The van der Waals surface area contributed by atoms with E-state index in [0.717, 1.165) is 76.0 Å². The first-order chi connectivity index (χ1) is 15.7. The van der Waals surface area contributed by atoms with E-state index in [9.17, 15) is 4.79 Å². The molecule has 2 aliphatic heterocycles. The van der Waals surface area contributed by atoms with Crippen LogP contribution in [0.3, 0.4) is 0 Å². The zero-order valence-corrected chi connectivity index (χ0v) is 21.9. The minimum atomic E-state index is -0.0488. The average molecular weight is 566 g/mol. The van der Waals surface area contributed by atoms with Crippen molar-refractivity contribution in [2.45, 2.75) is 39.3 Å². The summed E-state index contributed by atoms with van der Waals surface area (Å²) in [6.07, 6.45) is 7.70. The average Bonchev–Trinajstić information content (AvgIpc) is 3.56. The molecule has 2 fully saturated rings. The standard InChI is InChI=1S/C23H34N8O.HI/c1-3-24-23(26-18-20-7-9-25-21(17-20)31-12-6-8-27-31)30-15-13-28(14-16-30)19(2)22(32)29-10-4-5-11-29;/h6-9,12,17,19H,3-5,10-11,13-16,18H2,1-2H3,(H,24,26);1H. The van der Waals surface area contributed by atoms with Crippen molar-refractivity contribution >= 4 is 35.8 Å². The number of nitrogens with zero attached hydrogens (tertiary/aromatic N) is 7. The van der Waals surface area contributed by atoms with Crippen LogP contribution in [0, 0.1) is 0 Å². The summed E-state index contributed by atoms with van der Waals surface area (Å²) in [6, 6.07) is 5.84. The van der Waals surface area contributed by atoms with Crippen molar-refractivity contribution in [1.29, 1.82) is 0 Å². The van der Waals surface area contributed by atoms with E-state index in [1.54, 1.807) is 17.1 Å². The molecular weight excluding hydrogens is 531 g/mol. The number of carbonyl (C=O) groups excluding carboxylic acids is 1. The summed E-state index contributed by atoms with van der Waals surface area (Å²) < 4.78 is 1.75. The Hall–Kier alpha value is -2.21. The van der Waals surface area contributed by atoms with Crippen molar-refractivity contribution in [3.63, 3.8) is 0 Å². The van der Waals surface area contributed by atoms with Crippen molar-refractivity contribution in [2.24, 2.45) is 4.99 Å². The van der Waals surface area contributed by atoms with Gasteiger partial charge in [-0.2, -0.15) is 5.10 Å². The molecule has 0 saturated carbocycles. The summed E-state index contributed by atoms with van der Waals surface area (Å²) in [7, 11) is 0. The van der Waals surface area contributed by atoms with E-state index >= 15 is 0 Å². The quantitative estimate of drug-likeness (QED) is 0.327. The Morgan fingerprint density at radius 2 is 1.88 bits per heavy atom. The lowest BCUT2D eigenvalue weighted by Crippen LogP contribution is -2.57. The van der Waals surface area contributed by atoms with Gasteiger partial charge in [-0.1, -0.05) is 0 Å². The molecule has 0 radical (unpaired) electrons. The molecule has 10 heteroatoms. The van der Waals surface area contributed by atoms with Gasteiger partial charge in [0.25, 0.3) is 0 Å². The number of hydrogen-bond donors (Lipinski definition) is 1. The van der Waals surface area contributed by atoms with Gasteiger partial charge in [0.2, 0.25) is 5.91 Å². The Kier molecular flexibility index (Phi) is 9.48. The zero-order valence-electron chi connectivity index (χ0n) is 19.6. The van der Waals surface area contributed by atoms with Gasteiger partial charge in [0.15, 0.2) is 11.8 Å². The van der Waals surface area contributed by atoms with Gasteiger partial charge in [0.05, 0.1) is 12.6 Å². The molecule has 2 aromatic rings. The second-order valence-corrected chi connectivity index (χ2v) is 8.37. The molecule has 0 aromatic carbocycles. The molecule has 2 aliphatic rings. The number of aliphatic imine (C=N–C) groups is 1. The molecule has 2 saturated heterocycles. The van der Waals surface area contributed by atoms with E-state index in [4.69, 9.17) is 4.99 Å². The molecule has 4 rings (SSSR count). The molecule has 2 aromatic heterocycles. The second kappa shape index (κ2) is 12.3. The van der Waals surface area contributed by atoms with Gasteiger partial charge in [-0.05, 0) is 50.5 Å². The molecule has 33 heavy (non-hydrogen) atoms. The van der Waals surface area contributed by atoms with Crippen molar-refractivity contribution in [3.05, 3.63) is 42.4 Å². The van der Waals surface area contributed by atoms with Crippen LogP contribution in [-0.4, -0.2) is 93.2 Å². The smallest absolute Gasteiger partial charge is 0.239 e. The number of guanidine groups is 1. The van der Waals surface area contributed by atoms with Crippen LogP contribution in [0.2, 0.25) is 0 Å². The molecular formula is C23H35IN8O. The Bertz CT molecular complexity index is 905. The number of carbonyl (C=O) groups is 1. The van der Waals surface area contributed by atoms with E-state index in [-0.39, 0.29) is 35.9 Å². The van der Waals surface area contributed by atoms with Crippen LogP contribution in [0.25, 0.3) is 5.82 Å². The lowest BCUT2D eigenvalue weighted by atomic mass is 10.2. The largest absolute Gasteiger partial charge is 0.357 e. The van der Waals surface area contributed by atoms with Crippen LogP contribution in [0.1, 0.15) is 32.3 Å². The van der Waals surface area contributed by atoms with Gasteiger partial charge >= 0.3 is 0 Å². The predicted molar refractivity (Wildman–Crippen MR) is 140 cm³/mol. The monoisotopic (exact) mass is 566 g/mol. The fourth-order valence-electron chi connectivity index (χ4n) is 4.36. The summed E-state index contributed by atoms with van der Waals surface area (Å²) in [6.45, 7) is 10.8. The van der Waals surface area contributed by atoms with Crippen molar-refractivity contribution in [2.75, 3.05) is 45.8 Å². The predicted octanol–water partition coefficient (Wildman–Crippen LogP) is 1.98. The number of rotatable bonds is 6. The highest BCUT2D eigenvalue weighted by Gasteiger charge is 2.30. The number of hydrogen-bond acceptors (Lipinski definition) is 5. The van der Waals surface area contributed by atoms with Crippen LogP contribution in [0.15, 0.2) is 41.8 Å². The zero-order chi connectivity index (χ0) is 22.3. The Balaban J connectivity index is 0.00000306. The van der Waals surface area contributed by atoms with Crippen LogP contribution >= 0.6 is 24.0 Å². The summed E-state index contributed by atoms with van der Waals surface area (Å²) in [4.78, 5) is 28.7. The summed E-state index contributed by atoms with van der Waals surface area (Å²) in [5.41, 5.74) is 1.09. The number of piperazine rings is 1. The number of aromatic nitrogens is 3. The maximum Gasteiger partial charge on any atom is 0.239 e. The van der Waals surface area contributed by atoms with Gasteiger partial charge < -0.3 is 15.1 Å². The fraction of sp³-hybridized carbons (Fsp3) is 0.565. The summed E-state index contributed by atoms with van der Waals surface area (Å²) >= 11 is 0. The molecule has 1 atom stereocenters. The molecule has 1 N–H and O–H groups in total. The van der Waals surface area contributed by atoms with Gasteiger partial charge in [0.1, 0.15) is 0 Å². The van der Waals surface area contributed by atoms with Gasteiger partial charge in [-0.3, -0.25) is 9.69 Å². The van der Waals surface area contributed by atoms with Crippen LogP contribution in [0.4, 0.5) is 0 Å². The molecule has 180 valence electrons. The molecule has 0 aliphatic carbocycles. The topological polar surface area (TPSA) is 81.9 Å². The first-order valence-electron chi connectivity index (χ1n) is 11.7. The molecule has 9 nitrogen and oxygen atoms in total. The normalized spacial score (nSPS) is 18.2. The van der Waals surface area contributed by atoms with E-state index in [2.05, 4.69) is 39.0 Å². The SMILES string of the molecule is CCNC(=NCc1ccnc(-n2cccn2)c1)N1CCN(C(C)C(=O)N2CCCC2)CC1.I. The van der Waals surface area contributed by atoms with Crippen molar-refractivity contribution in [1.82, 2.24) is 34.8 Å². The Labute approximate surface area is 213 Å². The second-order valence-electron chi connectivity index (χ2n) is 8.37. The summed E-state index contributed by atoms with van der Waals surface area (Å²) in [5.74, 6) is 1.99. The van der Waals surface area contributed by atoms with E-state index < -0.39 is 0 Å². The Morgan fingerprint density at radius 3 is 2.55 bits per heavy atom. The number of amides is 1. The number of halogens is 1. The molecule has 1 amide bonds. The number of pyridine rings is 1. The maximum atomic E-state index is 12.8. The van der Waals surface area contributed by atoms with Gasteiger partial charge in [-0.15, -0.1) is 24.0 Å². The van der Waals surface area contributed by atoms with Crippen molar-refractivity contribution < 1.29 is 4.79 Å². The third-order valence-corrected chi connectivity index (χ3v) is 6.23. The minimum Gasteiger partial charge on any atom is -0.357 e. The Morgan fingerprint density at radius 1 is 1.12 bits per heavy atom. The lowest BCUT2D eigenvalue weighted by Gasteiger charge is -2.39. The van der Waals surface area contributed by atoms with Crippen LogP contribution < -0.4 is 5.32 Å². The minimum absolute atomic E-state index is 0. The summed E-state index contributed by atoms with van der Waals surface area (Å²) in [5, 5.41) is 7.68. The van der Waals surface area contributed by atoms with Gasteiger partial charge in [-0.25, -0.2) is 14.7 Å². The van der Waals surface area contributed by atoms with Crippen LogP contribution in [0.5, 0.6) is 0 Å². The third kappa shape index (κ3) is 6.44. The van der Waals surface area contributed by atoms with Crippen LogP contribution in [-0.2, 0) is 11.3 Å². The first-order valence-corrected chi connectivity index (χ1v) is 11.7. The fourth-order valence-corrected chi connectivity index (χ4v) is 4.36. The van der Waals surface area contributed by atoms with E-state index in [1.165, 1.54) is 0 Å². The lowest BCUT2D eigenvalue weighted by molar-refractivity contribution is -0.135. The van der Waals surface area contributed by atoms with E-state index in [1.807, 2.05) is 29.3 Å². The molecule has 4 heterocycles. The third-order valence-electron chi connectivity index (χ3n) is 6.23. The van der Waals surface area contributed by atoms with E-state index in [0.29, 0.717) is 6.54 Å².